The van der Waals surface area contributed by atoms with Crippen molar-refractivity contribution < 1.29 is 4.79 Å². The molecule has 0 aliphatic carbocycles. The Morgan fingerprint density at radius 1 is 1.32 bits per heavy atom. The number of amides is 1. The Hall–Kier alpha value is -2.55. The third-order valence-electron chi connectivity index (χ3n) is 4.35. The van der Waals surface area contributed by atoms with E-state index >= 15 is 0 Å². The summed E-state index contributed by atoms with van der Waals surface area (Å²) in [7, 11) is 1.79. The first kappa shape index (κ1) is 15.9. The third kappa shape index (κ3) is 2.84. The van der Waals surface area contributed by atoms with Gasteiger partial charge in [-0.3, -0.25) is 4.79 Å². The second-order valence-corrected chi connectivity index (χ2v) is 6.99. The number of hydrogen-bond donors (Lipinski definition) is 1. The summed E-state index contributed by atoms with van der Waals surface area (Å²) in [5, 5.41) is 11.1. The predicted octanol–water partition coefficient (Wildman–Crippen LogP) is 1.90. The fourth-order valence-electron chi connectivity index (χ4n) is 2.86. The van der Waals surface area contributed by atoms with Crippen LogP contribution in [0.2, 0.25) is 0 Å². The first-order valence-electron chi connectivity index (χ1n) is 7.85. The molecular formula is C16H16BrN7O. The minimum atomic E-state index is -0.0781. The number of halogens is 1. The summed E-state index contributed by atoms with van der Waals surface area (Å²) in [4.78, 5) is 22.9. The number of nitrogens with zero attached hydrogens (tertiary/aromatic N) is 6. The van der Waals surface area contributed by atoms with Gasteiger partial charge in [-0.1, -0.05) is 21.1 Å². The number of aromatic nitrogens is 5. The number of carbonyl (C=O) groups excluding carboxylic acids is 1. The van der Waals surface area contributed by atoms with E-state index in [2.05, 4.69) is 41.5 Å². The van der Waals surface area contributed by atoms with E-state index in [0.29, 0.717) is 24.3 Å². The standard InChI is InChI=1S/C16H16BrN7O/c1-9-5-11(3-4-12(9)17)20-16(25)10-6-24(7-10)15-13-14(18-8-19-15)23(2)22-21-13/h3-5,8,10H,6-7H2,1-2H3,(H,20,25). The van der Waals surface area contributed by atoms with Gasteiger partial charge in [-0.05, 0) is 30.7 Å². The fourth-order valence-corrected chi connectivity index (χ4v) is 3.10. The lowest BCUT2D eigenvalue weighted by atomic mass is 9.99. The second kappa shape index (κ2) is 6.07. The maximum Gasteiger partial charge on any atom is 0.231 e. The van der Waals surface area contributed by atoms with Gasteiger partial charge in [-0.15, -0.1) is 5.10 Å². The number of hydrogen-bond acceptors (Lipinski definition) is 6. The van der Waals surface area contributed by atoms with E-state index < -0.39 is 0 Å². The molecule has 8 nitrogen and oxygen atoms in total. The molecule has 0 saturated carbocycles. The van der Waals surface area contributed by atoms with Crippen LogP contribution in [0.3, 0.4) is 0 Å². The van der Waals surface area contributed by atoms with Crippen LogP contribution in [0.4, 0.5) is 11.5 Å². The van der Waals surface area contributed by atoms with Gasteiger partial charge in [0.25, 0.3) is 0 Å². The van der Waals surface area contributed by atoms with Crippen molar-refractivity contribution >= 4 is 44.5 Å². The topological polar surface area (TPSA) is 88.8 Å². The van der Waals surface area contributed by atoms with E-state index in [1.54, 1.807) is 11.7 Å². The fraction of sp³-hybridized carbons (Fsp3) is 0.312. The van der Waals surface area contributed by atoms with Crippen LogP contribution in [-0.4, -0.2) is 44.0 Å². The summed E-state index contributed by atoms with van der Waals surface area (Å²) in [5.41, 5.74) is 3.23. The number of aryl methyl sites for hydroxylation is 2. The summed E-state index contributed by atoms with van der Waals surface area (Å²) < 4.78 is 2.64. The number of carbonyl (C=O) groups is 1. The molecule has 128 valence electrons. The van der Waals surface area contributed by atoms with Gasteiger partial charge >= 0.3 is 0 Å². The second-order valence-electron chi connectivity index (χ2n) is 6.14. The zero-order valence-corrected chi connectivity index (χ0v) is 15.4. The molecular weight excluding hydrogens is 386 g/mol. The summed E-state index contributed by atoms with van der Waals surface area (Å²) in [6.45, 7) is 3.19. The molecule has 2 aromatic heterocycles. The highest BCUT2D eigenvalue weighted by Crippen LogP contribution is 2.28. The number of rotatable bonds is 3. The van der Waals surface area contributed by atoms with E-state index in [1.165, 1.54) is 6.33 Å². The molecule has 1 aliphatic heterocycles. The molecule has 0 atom stereocenters. The van der Waals surface area contributed by atoms with Gasteiger partial charge in [-0.25, -0.2) is 14.6 Å². The van der Waals surface area contributed by atoms with Crippen LogP contribution in [-0.2, 0) is 11.8 Å². The highest BCUT2D eigenvalue weighted by atomic mass is 79.9. The van der Waals surface area contributed by atoms with Gasteiger partial charge < -0.3 is 10.2 Å². The zero-order chi connectivity index (χ0) is 17.6. The first-order chi connectivity index (χ1) is 12.0. The lowest BCUT2D eigenvalue weighted by molar-refractivity contribution is -0.120. The highest BCUT2D eigenvalue weighted by molar-refractivity contribution is 9.10. The first-order valence-corrected chi connectivity index (χ1v) is 8.64. The summed E-state index contributed by atoms with van der Waals surface area (Å²) in [5.74, 6) is 0.662. The average Bonchev–Trinajstić information content (AvgIpc) is 2.92. The van der Waals surface area contributed by atoms with Crippen molar-refractivity contribution in [3.63, 3.8) is 0 Å². The SMILES string of the molecule is Cc1cc(NC(=O)C2CN(c3ncnc4c3nnn4C)C2)ccc1Br. The van der Waals surface area contributed by atoms with Crippen molar-refractivity contribution in [3.05, 3.63) is 34.6 Å². The molecule has 3 heterocycles. The molecule has 1 aliphatic rings. The maximum absolute atomic E-state index is 12.4. The van der Waals surface area contributed by atoms with Gasteiger partial charge in [0, 0.05) is 30.3 Å². The minimum Gasteiger partial charge on any atom is -0.353 e. The van der Waals surface area contributed by atoms with Crippen molar-refractivity contribution in [1.29, 1.82) is 0 Å². The molecule has 1 aromatic carbocycles. The summed E-state index contributed by atoms with van der Waals surface area (Å²) in [6.07, 6.45) is 1.50. The molecule has 1 N–H and O–H groups in total. The van der Waals surface area contributed by atoms with Gasteiger partial charge in [0.15, 0.2) is 17.0 Å². The molecule has 25 heavy (non-hydrogen) atoms. The molecule has 1 fully saturated rings. The van der Waals surface area contributed by atoms with Crippen molar-refractivity contribution in [2.75, 3.05) is 23.3 Å². The molecule has 3 aromatic rings. The third-order valence-corrected chi connectivity index (χ3v) is 5.24. The lowest BCUT2D eigenvalue weighted by Crippen LogP contribution is -2.52. The normalized spacial score (nSPS) is 14.6. The molecule has 0 unspecified atom stereocenters. The summed E-state index contributed by atoms with van der Waals surface area (Å²) in [6, 6.07) is 5.77. The summed E-state index contributed by atoms with van der Waals surface area (Å²) >= 11 is 3.46. The zero-order valence-electron chi connectivity index (χ0n) is 13.8. The van der Waals surface area contributed by atoms with Crippen LogP contribution in [0, 0.1) is 12.8 Å². The van der Waals surface area contributed by atoms with Crippen molar-refractivity contribution in [2.45, 2.75) is 6.92 Å². The van der Waals surface area contributed by atoms with E-state index in [4.69, 9.17) is 0 Å². The molecule has 9 heteroatoms. The van der Waals surface area contributed by atoms with Crippen LogP contribution < -0.4 is 10.2 Å². The highest BCUT2D eigenvalue weighted by Gasteiger charge is 2.35. The van der Waals surface area contributed by atoms with E-state index in [0.717, 1.165) is 21.5 Å². The van der Waals surface area contributed by atoms with Crippen LogP contribution in [0.15, 0.2) is 29.0 Å². The Balaban J connectivity index is 1.44. The Bertz CT molecular complexity index is 964. The molecule has 0 bridgehead atoms. The Morgan fingerprint density at radius 2 is 2.12 bits per heavy atom. The van der Waals surface area contributed by atoms with E-state index in [-0.39, 0.29) is 11.8 Å². The van der Waals surface area contributed by atoms with Crippen molar-refractivity contribution in [2.24, 2.45) is 13.0 Å². The molecule has 1 amide bonds. The Labute approximate surface area is 152 Å². The van der Waals surface area contributed by atoms with E-state index in [9.17, 15) is 4.79 Å². The molecule has 0 radical (unpaired) electrons. The molecule has 4 rings (SSSR count). The lowest BCUT2D eigenvalue weighted by Gasteiger charge is -2.38. The largest absolute Gasteiger partial charge is 0.353 e. The average molecular weight is 402 g/mol. The smallest absolute Gasteiger partial charge is 0.231 e. The number of fused-ring (bicyclic) bond motifs is 1. The maximum atomic E-state index is 12.4. The molecule has 0 spiro atoms. The van der Waals surface area contributed by atoms with Gasteiger partial charge in [-0.2, -0.15) is 0 Å². The van der Waals surface area contributed by atoms with Gasteiger partial charge in [0.1, 0.15) is 6.33 Å². The van der Waals surface area contributed by atoms with Crippen LogP contribution in [0.5, 0.6) is 0 Å². The van der Waals surface area contributed by atoms with Crippen LogP contribution in [0.1, 0.15) is 5.56 Å². The van der Waals surface area contributed by atoms with E-state index in [1.807, 2.05) is 30.0 Å². The number of nitrogens with one attached hydrogen (secondary N) is 1. The van der Waals surface area contributed by atoms with Crippen LogP contribution >= 0.6 is 15.9 Å². The predicted molar refractivity (Wildman–Crippen MR) is 97.3 cm³/mol. The van der Waals surface area contributed by atoms with Crippen LogP contribution in [0.25, 0.3) is 11.2 Å². The van der Waals surface area contributed by atoms with Crippen molar-refractivity contribution in [3.8, 4) is 0 Å². The number of anilines is 2. The Kier molecular flexibility index (Phi) is 3.87. The monoisotopic (exact) mass is 401 g/mol. The number of benzene rings is 1. The van der Waals surface area contributed by atoms with Gasteiger partial charge in [0.2, 0.25) is 5.91 Å². The molecule has 1 saturated heterocycles. The van der Waals surface area contributed by atoms with Gasteiger partial charge in [0.05, 0.1) is 5.92 Å². The minimum absolute atomic E-state index is 0.0161. The quantitative estimate of drug-likeness (QED) is 0.720. The van der Waals surface area contributed by atoms with Crippen molar-refractivity contribution in [1.82, 2.24) is 25.0 Å². The Morgan fingerprint density at radius 3 is 2.88 bits per heavy atom.